The van der Waals surface area contributed by atoms with Gasteiger partial charge in [0.1, 0.15) is 12.4 Å². The molecule has 0 spiro atoms. The number of halogens is 2. The van der Waals surface area contributed by atoms with Gasteiger partial charge in [-0.2, -0.15) is 0 Å². The molecule has 28 heavy (non-hydrogen) atoms. The molecule has 0 radical (unpaired) electrons. The van der Waals surface area contributed by atoms with Gasteiger partial charge < -0.3 is 14.8 Å². The van der Waals surface area contributed by atoms with Crippen LogP contribution in [0.15, 0.2) is 66.7 Å². The van der Waals surface area contributed by atoms with E-state index in [0.717, 1.165) is 12.1 Å². The number of ether oxygens (including phenoxy) is 2. The minimum Gasteiger partial charge on any atom is -0.490 e. The Morgan fingerprint density at radius 1 is 0.893 bits per heavy atom. The minimum atomic E-state index is -0.307. The van der Waals surface area contributed by atoms with Crippen LogP contribution in [0, 0.1) is 5.82 Å². The Bertz CT molecular complexity index is 902. The van der Waals surface area contributed by atoms with Crippen LogP contribution in [0.5, 0.6) is 11.5 Å². The molecule has 0 aliphatic carbocycles. The van der Waals surface area contributed by atoms with Crippen molar-refractivity contribution < 1.29 is 13.9 Å². The van der Waals surface area contributed by atoms with Crippen LogP contribution in [-0.4, -0.2) is 6.61 Å². The third-order valence-electron chi connectivity index (χ3n) is 4.20. The highest BCUT2D eigenvalue weighted by Crippen LogP contribution is 2.37. The number of nitrogens with one attached hydrogen (secondary N) is 1. The Balaban J connectivity index is 1.69. The van der Waals surface area contributed by atoms with Gasteiger partial charge in [-0.05, 0) is 36.2 Å². The van der Waals surface area contributed by atoms with Crippen molar-refractivity contribution >= 4 is 11.6 Å². The van der Waals surface area contributed by atoms with E-state index in [1.54, 1.807) is 18.2 Å². The van der Waals surface area contributed by atoms with E-state index >= 15 is 0 Å². The average molecular weight is 400 g/mol. The highest BCUT2D eigenvalue weighted by atomic mass is 35.5. The summed E-state index contributed by atoms with van der Waals surface area (Å²) >= 11 is 6.45. The summed E-state index contributed by atoms with van der Waals surface area (Å²) < 4.78 is 25.3. The lowest BCUT2D eigenvalue weighted by Gasteiger charge is -2.16. The third kappa shape index (κ3) is 5.47. The topological polar surface area (TPSA) is 30.5 Å². The quantitative estimate of drug-likeness (QED) is 0.497. The lowest BCUT2D eigenvalue weighted by Crippen LogP contribution is -2.13. The summed E-state index contributed by atoms with van der Waals surface area (Å²) in [5, 5.41) is 3.84. The van der Waals surface area contributed by atoms with Gasteiger partial charge in [-0.25, -0.2) is 4.39 Å². The predicted molar refractivity (Wildman–Crippen MR) is 110 cm³/mol. The second kappa shape index (κ2) is 10.1. The Morgan fingerprint density at radius 2 is 1.61 bits per heavy atom. The summed E-state index contributed by atoms with van der Waals surface area (Å²) in [5.74, 6) is 0.680. The fourth-order valence-electron chi connectivity index (χ4n) is 2.84. The first-order chi connectivity index (χ1) is 13.7. The van der Waals surface area contributed by atoms with E-state index in [1.807, 2.05) is 37.3 Å². The summed E-state index contributed by atoms with van der Waals surface area (Å²) in [6.07, 6.45) is 0. The van der Waals surface area contributed by atoms with Gasteiger partial charge in [0.2, 0.25) is 0 Å². The maximum Gasteiger partial charge on any atom is 0.180 e. The van der Waals surface area contributed by atoms with Crippen LogP contribution in [-0.2, 0) is 19.7 Å². The second-order valence-corrected chi connectivity index (χ2v) is 6.71. The number of benzene rings is 3. The van der Waals surface area contributed by atoms with Gasteiger partial charge in [0.05, 0.1) is 11.6 Å². The van der Waals surface area contributed by atoms with E-state index in [9.17, 15) is 4.39 Å². The molecule has 0 saturated carbocycles. The first kappa shape index (κ1) is 20.2. The van der Waals surface area contributed by atoms with Crippen molar-refractivity contribution in [2.45, 2.75) is 26.6 Å². The van der Waals surface area contributed by atoms with Crippen LogP contribution in [0.1, 0.15) is 23.6 Å². The molecular weight excluding hydrogens is 377 g/mol. The smallest absolute Gasteiger partial charge is 0.180 e. The predicted octanol–water partition coefficient (Wildman–Crippen LogP) is 5.75. The van der Waals surface area contributed by atoms with E-state index in [4.69, 9.17) is 21.1 Å². The van der Waals surface area contributed by atoms with Gasteiger partial charge in [-0.15, -0.1) is 0 Å². The number of hydrogen-bond donors (Lipinski definition) is 1. The van der Waals surface area contributed by atoms with Crippen molar-refractivity contribution in [1.29, 1.82) is 0 Å². The van der Waals surface area contributed by atoms with Crippen LogP contribution < -0.4 is 14.8 Å². The van der Waals surface area contributed by atoms with Crippen molar-refractivity contribution in [2.24, 2.45) is 0 Å². The monoisotopic (exact) mass is 399 g/mol. The van der Waals surface area contributed by atoms with Gasteiger partial charge in [0.15, 0.2) is 11.5 Å². The van der Waals surface area contributed by atoms with E-state index in [-0.39, 0.29) is 12.4 Å². The third-order valence-corrected chi connectivity index (χ3v) is 4.48. The van der Waals surface area contributed by atoms with Crippen molar-refractivity contribution in [1.82, 2.24) is 5.32 Å². The highest BCUT2D eigenvalue weighted by molar-refractivity contribution is 6.32. The Hall–Kier alpha value is -2.56. The van der Waals surface area contributed by atoms with Gasteiger partial charge in [0.25, 0.3) is 0 Å². The molecule has 3 rings (SSSR count). The molecule has 0 atom stereocenters. The summed E-state index contributed by atoms with van der Waals surface area (Å²) in [4.78, 5) is 0. The molecule has 3 aromatic carbocycles. The first-order valence-corrected chi connectivity index (χ1v) is 9.61. The van der Waals surface area contributed by atoms with Crippen LogP contribution in [0.2, 0.25) is 5.02 Å². The molecule has 0 bridgehead atoms. The Kier molecular flexibility index (Phi) is 7.29. The molecule has 0 aliphatic rings. The molecule has 0 unspecified atom stereocenters. The second-order valence-electron chi connectivity index (χ2n) is 6.31. The molecule has 3 aromatic rings. The zero-order valence-corrected chi connectivity index (χ0v) is 16.5. The molecule has 0 aliphatic heterocycles. The standard InChI is InChI=1S/C23H23ClFNO2/c1-2-27-22-13-18(15-26-14-17-8-4-3-5-9-17)12-20(24)23(22)28-16-19-10-6-7-11-21(19)25/h3-13,26H,2,14-16H2,1H3. The molecule has 0 aromatic heterocycles. The summed E-state index contributed by atoms with van der Waals surface area (Å²) in [6, 6.07) is 20.4. The van der Waals surface area contributed by atoms with Crippen LogP contribution in [0.25, 0.3) is 0 Å². The van der Waals surface area contributed by atoms with Gasteiger partial charge in [-0.1, -0.05) is 60.1 Å². The molecule has 0 amide bonds. The molecular formula is C23H23ClFNO2. The number of hydrogen-bond acceptors (Lipinski definition) is 3. The largest absolute Gasteiger partial charge is 0.490 e. The highest BCUT2D eigenvalue weighted by Gasteiger charge is 2.14. The van der Waals surface area contributed by atoms with Crippen molar-refractivity contribution in [3.8, 4) is 11.5 Å². The van der Waals surface area contributed by atoms with Crippen LogP contribution >= 0.6 is 11.6 Å². The zero-order valence-electron chi connectivity index (χ0n) is 15.8. The summed E-state index contributed by atoms with van der Waals surface area (Å²) in [7, 11) is 0. The number of rotatable bonds is 9. The summed E-state index contributed by atoms with van der Waals surface area (Å²) in [6.45, 7) is 3.86. The average Bonchev–Trinajstić information content (AvgIpc) is 2.70. The molecule has 1 N–H and O–H groups in total. The van der Waals surface area contributed by atoms with Crippen molar-refractivity contribution in [2.75, 3.05) is 6.61 Å². The van der Waals surface area contributed by atoms with Gasteiger partial charge in [0, 0.05) is 18.7 Å². The van der Waals surface area contributed by atoms with Crippen molar-refractivity contribution in [3.63, 3.8) is 0 Å². The Labute approximate surface area is 170 Å². The molecule has 3 nitrogen and oxygen atoms in total. The van der Waals surface area contributed by atoms with Gasteiger partial charge >= 0.3 is 0 Å². The minimum absolute atomic E-state index is 0.0814. The Morgan fingerprint density at radius 3 is 2.36 bits per heavy atom. The molecule has 0 fully saturated rings. The molecule has 146 valence electrons. The maximum absolute atomic E-state index is 13.8. The van der Waals surface area contributed by atoms with Crippen LogP contribution in [0.3, 0.4) is 0 Å². The fraction of sp³-hybridized carbons (Fsp3) is 0.217. The van der Waals surface area contributed by atoms with E-state index < -0.39 is 0 Å². The van der Waals surface area contributed by atoms with E-state index in [1.165, 1.54) is 11.6 Å². The fourth-order valence-corrected chi connectivity index (χ4v) is 3.13. The SMILES string of the molecule is CCOc1cc(CNCc2ccccc2)cc(Cl)c1OCc1ccccc1F. The van der Waals surface area contributed by atoms with Crippen LogP contribution in [0.4, 0.5) is 4.39 Å². The molecule has 0 saturated heterocycles. The maximum atomic E-state index is 13.8. The van der Waals surface area contributed by atoms with Gasteiger partial charge in [-0.3, -0.25) is 0 Å². The zero-order chi connectivity index (χ0) is 19.8. The van der Waals surface area contributed by atoms with E-state index in [0.29, 0.717) is 35.2 Å². The summed E-state index contributed by atoms with van der Waals surface area (Å²) in [5.41, 5.74) is 2.67. The lowest BCUT2D eigenvalue weighted by molar-refractivity contribution is 0.266. The molecule has 0 heterocycles. The lowest BCUT2D eigenvalue weighted by atomic mass is 10.1. The first-order valence-electron chi connectivity index (χ1n) is 9.23. The van der Waals surface area contributed by atoms with Crippen molar-refractivity contribution in [3.05, 3.63) is 94.3 Å². The normalized spacial score (nSPS) is 10.7. The van der Waals surface area contributed by atoms with E-state index in [2.05, 4.69) is 17.4 Å². The molecule has 5 heteroatoms.